The van der Waals surface area contributed by atoms with E-state index in [1.807, 2.05) is 0 Å². The van der Waals surface area contributed by atoms with Crippen LogP contribution in [0.4, 0.5) is 0 Å². The van der Waals surface area contributed by atoms with Crippen LogP contribution in [0, 0.1) is 0 Å². The Balaban J connectivity index is 2.88. The van der Waals surface area contributed by atoms with Gasteiger partial charge < -0.3 is 0 Å². The highest BCUT2D eigenvalue weighted by Crippen LogP contribution is 2.22. The molecule has 0 aliphatic heterocycles. The molecule has 0 bridgehead atoms. The van der Waals surface area contributed by atoms with Crippen molar-refractivity contribution in [2.45, 2.75) is 26.1 Å². The summed E-state index contributed by atoms with van der Waals surface area (Å²) in [5.41, 5.74) is 1.31. The summed E-state index contributed by atoms with van der Waals surface area (Å²) in [6.07, 6.45) is 4.37. The van der Waals surface area contributed by atoms with Crippen LogP contribution in [0.3, 0.4) is 0 Å². The Kier molecular flexibility index (Phi) is 4.10. The predicted octanol–water partition coefficient (Wildman–Crippen LogP) is 4.52. The van der Waals surface area contributed by atoms with Gasteiger partial charge in [-0.1, -0.05) is 60.8 Å². The number of hydrogen-bond acceptors (Lipinski definition) is 0. The fourth-order valence-corrected chi connectivity index (χ4v) is 3.12. The van der Waals surface area contributed by atoms with E-state index in [0.717, 1.165) is 6.04 Å². The molecule has 0 aliphatic rings. The largest absolute Gasteiger partial charge is 0.103 e. The van der Waals surface area contributed by atoms with Crippen LogP contribution in [0.2, 0.25) is 19.1 Å². The van der Waals surface area contributed by atoms with E-state index in [4.69, 9.17) is 0 Å². The van der Waals surface area contributed by atoms with Gasteiger partial charge in [-0.2, -0.15) is 0 Å². The third kappa shape index (κ3) is 3.52. The van der Waals surface area contributed by atoms with E-state index < -0.39 is 8.07 Å². The molecule has 0 spiro atoms. The molecule has 0 fully saturated rings. The average Bonchev–Trinajstić information content (AvgIpc) is 2.19. The van der Waals surface area contributed by atoms with Gasteiger partial charge in [-0.25, -0.2) is 0 Å². The molecule has 0 unspecified atom stereocenters. The van der Waals surface area contributed by atoms with Crippen molar-refractivity contribution in [3.05, 3.63) is 53.7 Å². The van der Waals surface area contributed by atoms with Crippen LogP contribution < -0.4 is 0 Å². The first kappa shape index (κ1) is 12.0. The molecule has 0 radical (unpaired) electrons. The Labute approximate surface area is 94.4 Å². The molecule has 0 atom stereocenters. The lowest BCUT2D eigenvalue weighted by atomic mass is 10.2. The molecule has 15 heavy (non-hydrogen) atoms. The molecule has 0 amide bonds. The first-order valence-corrected chi connectivity index (χ1v) is 8.62. The molecular weight excluding hydrogens is 196 g/mol. The van der Waals surface area contributed by atoms with Crippen LogP contribution in [-0.4, -0.2) is 8.07 Å². The molecule has 0 aromatic heterocycles. The summed E-state index contributed by atoms with van der Waals surface area (Å²) >= 11 is 0. The van der Waals surface area contributed by atoms with Gasteiger partial charge in [0.1, 0.15) is 0 Å². The van der Waals surface area contributed by atoms with E-state index in [1.54, 1.807) is 0 Å². The van der Waals surface area contributed by atoms with Crippen molar-refractivity contribution in [3.63, 3.8) is 0 Å². The zero-order valence-corrected chi connectivity index (χ0v) is 11.0. The second kappa shape index (κ2) is 5.13. The topological polar surface area (TPSA) is 0 Å². The second-order valence-corrected chi connectivity index (χ2v) is 9.58. The number of benzene rings is 1. The maximum absolute atomic E-state index is 3.84. The summed E-state index contributed by atoms with van der Waals surface area (Å²) < 4.78 is 0. The summed E-state index contributed by atoms with van der Waals surface area (Å²) in [5.74, 6) is 0. The van der Waals surface area contributed by atoms with Crippen LogP contribution in [0.25, 0.3) is 6.08 Å². The van der Waals surface area contributed by atoms with Crippen molar-refractivity contribution >= 4 is 14.1 Å². The van der Waals surface area contributed by atoms with Crippen molar-refractivity contribution in [1.82, 2.24) is 0 Å². The summed E-state index contributed by atoms with van der Waals surface area (Å²) in [5, 5.41) is 1.54. The van der Waals surface area contributed by atoms with Gasteiger partial charge in [-0.3, -0.25) is 0 Å². The van der Waals surface area contributed by atoms with E-state index in [-0.39, 0.29) is 0 Å². The van der Waals surface area contributed by atoms with Crippen LogP contribution in [0.15, 0.2) is 48.2 Å². The van der Waals surface area contributed by atoms with Gasteiger partial charge in [-0.15, -0.1) is 6.58 Å². The zero-order chi connectivity index (χ0) is 11.3. The van der Waals surface area contributed by atoms with E-state index >= 15 is 0 Å². The van der Waals surface area contributed by atoms with Gasteiger partial charge >= 0.3 is 0 Å². The summed E-state index contributed by atoms with van der Waals surface area (Å²) in [6, 6.07) is 11.7. The molecule has 0 nitrogen and oxygen atoms in total. The molecule has 0 saturated heterocycles. The quantitative estimate of drug-likeness (QED) is 0.512. The van der Waals surface area contributed by atoms with Crippen LogP contribution >= 0.6 is 0 Å². The van der Waals surface area contributed by atoms with Crippen molar-refractivity contribution in [3.8, 4) is 0 Å². The molecule has 1 rings (SSSR count). The van der Waals surface area contributed by atoms with Crippen molar-refractivity contribution in [1.29, 1.82) is 0 Å². The fraction of sp³-hybridized carbons (Fsp3) is 0.286. The molecule has 0 N–H and O–H groups in total. The van der Waals surface area contributed by atoms with Crippen molar-refractivity contribution in [2.75, 3.05) is 0 Å². The van der Waals surface area contributed by atoms with Crippen molar-refractivity contribution in [2.24, 2.45) is 0 Å². The third-order valence-electron chi connectivity index (χ3n) is 2.90. The zero-order valence-electron chi connectivity index (χ0n) is 9.96. The Morgan fingerprint density at radius 1 is 1.27 bits per heavy atom. The van der Waals surface area contributed by atoms with Gasteiger partial charge in [0.15, 0.2) is 0 Å². The highest BCUT2D eigenvalue weighted by molar-refractivity contribution is 6.85. The standard InChI is InChI=1S/C14H20Si/c1-5-11-15(3,4)13(2)12-14-9-7-6-8-10-14/h5-10,12H,1,11H2,2-4H3/b13-12+. The average molecular weight is 216 g/mol. The predicted molar refractivity (Wildman–Crippen MR) is 72.6 cm³/mol. The van der Waals surface area contributed by atoms with Gasteiger partial charge in [0.2, 0.25) is 0 Å². The number of rotatable bonds is 4. The maximum atomic E-state index is 3.84. The van der Waals surface area contributed by atoms with Gasteiger partial charge in [0.05, 0.1) is 8.07 Å². The Morgan fingerprint density at radius 2 is 1.87 bits per heavy atom. The Morgan fingerprint density at radius 3 is 2.40 bits per heavy atom. The molecule has 0 heterocycles. The third-order valence-corrected chi connectivity index (χ3v) is 6.49. The monoisotopic (exact) mass is 216 g/mol. The molecule has 1 heteroatoms. The fourth-order valence-electron chi connectivity index (χ4n) is 1.52. The first-order chi connectivity index (χ1) is 7.06. The van der Waals surface area contributed by atoms with Crippen LogP contribution in [0.1, 0.15) is 12.5 Å². The summed E-state index contributed by atoms with van der Waals surface area (Å²) in [6.45, 7) is 10.9. The maximum Gasteiger partial charge on any atom is 0.0788 e. The molecule has 80 valence electrons. The lowest BCUT2D eigenvalue weighted by Gasteiger charge is -2.21. The highest BCUT2D eigenvalue weighted by atomic mass is 28.3. The second-order valence-electron chi connectivity index (χ2n) is 4.61. The lowest BCUT2D eigenvalue weighted by molar-refractivity contribution is 1.46. The van der Waals surface area contributed by atoms with Crippen LogP contribution in [0.5, 0.6) is 0 Å². The lowest BCUT2D eigenvalue weighted by Crippen LogP contribution is -2.26. The SMILES string of the molecule is C=CC[Si](C)(C)/C(C)=C/c1ccccc1. The van der Waals surface area contributed by atoms with E-state index in [2.05, 4.69) is 69.1 Å². The molecule has 1 aromatic rings. The smallest absolute Gasteiger partial charge is 0.0788 e. The van der Waals surface area contributed by atoms with Gasteiger partial charge in [0.25, 0.3) is 0 Å². The molecule has 1 aromatic carbocycles. The van der Waals surface area contributed by atoms with Crippen LogP contribution in [-0.2, 0) is 0 Å². The highest BCUT2D eigenvalue weighted by Gasteiger charge is 2.20. The number of hydrogen-bond donors (Lipinski definition) is 0. The van der Waals surface area contributed by atoms with E-state index in [1.165, 1.54) is 10.8 Å². The molecule has 0 saturated carbocycles. The van der Waals surface area contributed by atoms with Gasteiger partial charge in [-0.05, 0) is 18.5 Å². The normalized spacial score (nSPS) is 12.6. The Bertz CT molecular complexity index is 347. The molecule has 0 aliphatic carbocycles. The van der Waals surface area contributed by atoms with Gasteiger partial charge in [0, 0.05) is 0 Å². The summed E-state index contributed by atoms with van der Waals surface area (Å²) in [4.78, 5) is 0. The van der Waals surface area contributed by atoms with E-state index in [0.29, 0.717) is 0 Å². The minimum atomic E-state index is -1.25. The summed E-state index contributed by atoms with van der Waals surface area (Å²) in [7, 11) is -1.25. The first-order valence-electron chi connectivity index (χ1n) is 5.41. The van der Waals surface area contributed by atoms with Crippen molar-refractivity contribution < 1.29 is 0 Å². The molecular formula is C14H20Si. The van der Waals surface area contributed by atoms with E-state index in [9.17, 15) is 0 Å². The minimum Gasteiger partial charge on any atom is -0.103 e. The minimum absolute atomic E-state index is 1.15. The number of allylic oxidation sites excluding steroid dienone is 2. The Hall–Kier alpha value is -1.08.